The number of aliphatic carboxylic acids is 1. The molecule has 1 saturated heterocycles. The summed E-state index contributed by atoms with van der Waals surface area (Å²) < 4.78 is 0. The quantitative estimate of drug-likeness (QED) is 0.863. The minimum Gasteiger partial charge on any atom is -0.481 e. The first-order chi connectivity index (χ1) is 10.2. The van der Waals surface area contributed by atoms with Crippen LogP contribution in [-0.4, -0.2) is 29.1 Å². The molecule has 3 nitrogen and oxygen atoms in total. The van der Waals surface area contributed by atoms with Crippen LogP contribution in [0.25, 0.3) is 0 Å². The maximum atomic E-state index is 11.7. The Hall–Kier alpha value is -1.35. The molecule has 3 rings (SSSR count). The van der Waals surface area contributed by atoms with Crippen LogP contribution in [0, 0.1) is 5.41 Å². The van der Waals surface area contributed by atoms with Gasteiger partial charge in [-0.2, -0.15) is 0 Å². The lowest BCUT2D eigenvalue weighted by atomic mass is 9.84. The second kappa shape index (κ2) is 5.80. The van der Waals surface area contributed by atoms with Gasteiger partial charge in [0.2, 0.25) is 0 Å². The Labute approximate surface area is 127 Å². The van der Waals surface area contributed by atoms with E-state index >= 15 is 0 Å². The lowest BCUT2D eigenvalue weighted by molar-refractivity contribution is -0.148. The maximum absolute atomic E-state index is 11.7. The van der Waals surface area contributed by atoms with Crippen LogP contribution in [0.1, 0.15) is 56.2 Å². The van der Waals surface area contributed by atoms with Gasteiger partial charge in [-0.25, -0.2) is 0 Å². The van der Waals surface area contributed by atoms with Crippen LogP contribution >= 0.6 is 0 Å². The first-order valence-electron chi connectivity index (χ1n) is 8.21. The van der Waals surface area contributed by atoms with Crippen LogP contribution in [0.15, 0.2) is 24.3 Å². The van der Waals surface area contributed by atoms with E-state index in [1.165, 1.54) is 30.4 Å². The van der Waals surface area contributed by atoms with E-state index in [4.69, 9.17) is 0 Å². The highest BCUT2D eigenvalue weighted by molar-refractivity contribution is 5.75. The molecule has 21 heavy (non-hydrogen) atoms. The molecular formula is C18H25NO2. The molecule has 3 heteroatoms. The van der Waals surface area contributed by atoms with Crippen LogP contribution in [0.3, 0.4) is 0 Å². The summed E-state index contributed by atoms with van der Waals surface area (Å²) in [7, 11) is 0. The van der Waals surface area contributed by atoms with E-state index in [0.717, 1.165) is 25.8 Å². The first kappa shape index (κ1) is 14.6. The molecular weight excluding hydrogens is 262 g/mol. The van der Waals surface area contributed by atoms with Crippen molar-refractivity contribution in [2.75, 3.05) is 13.1 Å². The van der Waals surface area contributed by atoms with Crippen molar-refractivity contribution in [3.8, 4) is 0 Å². The van der Waals surface area contributed by atoms with Crippen molar-refractivity contribution in [3.63, 3.8) is 0 Å². The Morgan fingerprint density at radius 3 is 2.90 bits per heavy atom. The van der Waals surface area contributed by atoms with Crippen molar-refractivity contribution in [1.29, 1.82) is 0 Å². The molecule has 114 valence electrons. The van der Waals surface area contributed by atoms with Crippen LogP contribution in [0.2, 0.25) is 0 Å². The molecule has 0 spiro atoms. The highest BCUT2D eigenvalue weighted by atomic mass is 16.4. The molecule has 1 aromatic rings. The van der Waals surface area contributed by atoms with Gasteiger partial charge < -0.3 is 5.11 Å². The van der Waals surface area contributed by atoms with Crippen LogP contribution in [-0.2, 0) is 11.2 Å². The van der Waals surface area contributed by atoms with Gasteiger partial charge in [0.25, 0.3) is 0 Å². The standard InChI is InChI=1S/C18H25NO2/c1-2-18(17(20)21)11-12-19(13-18)16-10-6-4-8-14-7-3-5-9-15(14)16/h3,5,7,9,16H,2,4,6,8,10-13H2,1H3,(H,20,21). The Bertz CT molecular complexity index is 528. The topological polar surface area (TPSA) is 40.5 Å². The zero-order valence-corrected chi connectivity index (χ0v) is 12.8. The lowest BCUT2D eigenvalue weighted by Crippen LogP contribution is -2.35. The van der Waals surface area contributed by atoms with E-state index in [-0.39, 0.29) is 0 Å². The predicted octanol–water partition coefficient (Wildman–Crippen LogP) is 3.64. The molecule has 1 aromatic carbocycles. The number of carbonyl (C=O) groups is 1. The van der Waals surface area contributed by atoms with Gasteiger partial charge in [0.1, 0.15) is 0 Å². The molecule has 0 radical (unpaired) electrons. The van der Waals surface area contributed by atoms with Crippen molar-refractivity contribution in [1.82, 2.24) is 4.90 Å². The predicted molar refractivity (Wildman–Crippen MR) is 83.3 cm³/mol. The average molecular weight is 287 g/mol. The largest absolute Gasteiger partial charge is 0.481 e. The van der Waals surface area contributed by atoms with Gasteiger partial charge >= 0.3 is 5.97 Å². The van der Waals surface area contributed by atoms with Gasteiger partial charge in [-0.3, -0.25) is 9.69 Å². The maximum Gasteiger partial charge on any atom is 0.310 e. The highest BCUT2D eigenvalue weighted by Gasteiger charge is 2.45. The number of benzene rings is 1. The molecule has 2 unspecified atom stereocenters. The molecule has 1 N–H and O–H groups in total. The van der Waals surface area contributed by atoms with E-state index in [1.807, 2.05) is 6.92 Å². The fourth-order valence-corrected chi connectivity index (χ4v) is 4.06. The smallest absolute Gasteiger partial charge is 0.310 e. The number of rotatable bonds is 3. The third-order valence-corrected chi connectivity index (χ3v) is 5.54. The van der Waals surface area contributed by atoms with Crippen molar-refractivity contribution in [2.45, 2.75) is 51.5 Å². The summed E-state index contributed by atoms with van der Waals surface area (Å²) in [5, 5.41) is 9.60. The number of hydrogen-bond acceptors (Lipinski definition) is 2. The Kier molecular flexibility index (Phi) is 4.03. The number of aryl methyl sites for hydroxylation is 1. The van der Waals surface area contributed by atoms with E-state index in [9.17, 15) is 9.90 Å². The van der Waals surface area contributed by atoms with Crippen molar-refractivity contribution < 1.29 is 9.90 Å². The second-order valence-electron chi connectivity index (χ2n) is 6.62. The summed E-state index contributed by atoms with van der Waals surface area (Å²) in [5.74, 6) is -0.616. The van der Waals surface area contributed by atoms with Gasteiger partial charge in [-0.1, -0.05) is 37.6 Å². The SMILES string of the molecule is CCC1(C(=O)O)CCN(C2CCCCc3ccccc32)C1. The Balaban J connectivity index is 1.86. The Morgan fingerprint density at radius 1 is 1.38 bits per heavy atom. The molecule has 2 aliphatic rings. The van der Waals surface area contributed by atoms with Gasteiger partial charge in [-0.05, 0) is 49.8 Å². The average Bonchev–Trinajstić information content (AvgIpc) is 2.83. The molecule has 1 heterocycles. The Morgan fingerprint density at radius 2 is 2.19 bits per heavy atom. The number of carboxylic acids is 1. The summed E-state index contributed by atoms with van der Waals surface area (Å²) in [5.41, 5.74) is 2.37. The summed E-state index contributed by atoms with van der Waals surface area (Å²) in [6.07, 6.45) is 6.33. The minimum atomic E-state index is -0.616. The van der Waals surface area contributed by atoms with E-state index < -0.39 is 11.4 Å². The molecule has 0 saturated carbocycles. The third kappa shape index (κ3) is 2.59. The molecule has 1 aliphatic carbocycles. The van der Waals surface area contributed by atoms with Gasteiger partial charge in [0.15, 0.2) is 0 Å². The minimum absolute atomic E-state index is 0.413. The summed E-state index contributed by atoms with van der Waals surface area (Å²) in [6.45, 7) is 3.63. The van der Waals surface area contributed by atoms with Gasteiger partial charge in [-0.15, -0.1) is 0 Å². The number of likely N-dealkylation sites (tertiary alicyclic amines) is 1. The number of nitrogens with zero attached hydrogens (tertiary/aromatic N) is 1. The molecule has 0 bridgehead atoms. The summed E-state index contributed by atoms with van der Waals surface area (Å²) in [4.78, 5) is 14.1. The molecule has 1 fully saturated rings. The van der Waals surface area contributed by atoms with Crippen LogP contribution in [0.5, 0.6) is 0 Å². The lowest BCUT2D eigenvalue weighted by Gasteiger charge is -2.30. The first-order valence-corrected chi connectivity index (χ1v) is 8.21. The number of hydrogen-bond donors (Lipinski definition) is 1. The molecule has 0 aromatic heterocycles. The van der Waals surface area contributed by atoms with Crippen molar-refractivity contribution in [2.24, 2.45) is 5.41 Å². The summed E-state index contributed by atoms with van der Waals surface area (Å²) in [6, 6.07) is 9.15. The normalized spacial score (nSPS) is 29.9. The fourth-order valence-electron chi connectivity index (χ4n) is 4.06. The van der Waals surface area contributed by atoms with E-state index in [2.05, 4.69) is 29.2 Å². The van der Waals surface area contributed by atoms with Crippen LogP contribution < -0.4 is 0 Å². The molecule has 0 amide bonds. The van der Waals surface area contributed by atoms with Gasteiger partial charge in [0.05, 0.1) is 5.41 Å². The molecule has 1 aliphatic heterocycles. The van der Waals surface area contributed by atoms with Crippen molar-refractivity contribution >= 4 is 5.97 Å². The van der Waals surface area contributed by atoms with E-state index in [0.29, 0.717) is 12.6 Å². The van der Waals surface area contributed by atoms with E-state index in [1.54, 1.807) is 0 Å². The molecule has 2 atom stereocenters. The zero-order valence-electron chi connectivity index (χ0n) is 12.8. The number of carboxylic acid groups (broad SMARTS) is 1. The highest BCUT2D eigenvalue weighted by Crippen LogP contribution is 2.41. The zero-order chi connectivity index (χ0) is 14.9. The van der Waals surface area contributed by atoms with Crippen LogP contribution in [0.4, 0.5) is 0 Å². The number of fused-ring (bicyclic) bond motifs is 1. The fraction of sp³-hybridized carbons (Fsp3) is 0.611. The van der Waals surface area contributed by atoms with Crippen molar-refractivity contribution in [3.05, 3.63) is 35.4 Å². The summed E-state index contributed by atoms with van der Waals surface area (Å²) >= 11 is 0. The monoisotopic (exact) mass is 287 g/mol. The third-order valence-electron chi connectivity index (χ3n) is 5.54. The second-order valence-corrected chi connectivity index (χ2v) is 6.62. The van der Waals surface area contributed by atoms with Gasteiger partial charge in [0, 0.05) is 12.6 Å².